The van der Waals surface area contributed by atoms with Crippen molar-refractivity contribution in [2.75, 3.05) is 19.5 Å². The maximum atomic E-state index is 13.1. The summed E-state index contributed by atoms with van der Waals surface area (Å²) in [7, 11) is -1.05. The molecule has 0 radical (unpaired) electrons. The molecule has 0 aromatic heterocycles. The molecule has 0 saturated heterocycles. The molecule has 186 valence electrons. The van der Waals surface area contributed by atoms with E-state index in [0.717, 1.165) is 29.8 Å². The van der Waals surface area contributed by atoms with Crippen LogP contribution in [0.4, 0.5) is 14.9 Å². The Morgan fingerprint density at radius 3 is 2.00 bits per heavy atom. The van der Waals surface area contributed by atoms with Crippen molar-refractivity contribution in [3.05, 3.63) is 78.1 Å². The topological polar surface area (TPSA) is 94.2 Å². The van der Waals surface area contributed by atoms with Gasteiger partial charge in [0, 0.05) is 36.5 Å². The fraction of sp³-hybridized carbons (Fsp3) is 0.240. The first-order valence-electron chi connectivity index (χ1n) is 10.7. The number of anilines is 1. The van der Waals surface area contributed by atoms with Crippen LogP contribution in [0.5, 0.6) is 17.2 Å². The number of nitrogens with zero attached hydrogens (tertiary/aromatic N) is 1. The van der Waals surface area contributed by atoms with E-state index in [9.17, 15) is 17.6 Å². The van der Waals surface area contributed by atoms with Gasteiger partial charge < -0.3 is 23.9 Å². The largest absolute Gasteiger partial charge is 0.497 e. The zero-order valence-electron chi connectivity index (χ0n) is 19.8. The fourth-order valence-electron chi connectivity index (χ4n) is 3.19. The van der Waals surface area contributed by atoms with E-state index in [1.165, 1.54) is 26.4 Å². The molecule has 35 heavy (non-hydrogen) atoms. The van der Waals surface area contributed by atoms with Gasteiger partial charge in [-0.3, -0.25) is 0 Å². The van der Waals surface area contributed by atoms with E-state index < -0.39 is 15.9 Å². The van der Waals surface area contributed by atoms with Gasteiger partial charge in [-0.05, 0) is 55.8 Å². The number of benzene rings is 3. The summed E-state index contributed by atoms with van der Waals surface area (Å²) < 4.78 is 53.5. The molecule has 3 aromatic carbocycles. The quantitative estimate of drug-likeness (QED) is 0.412. The molecule has 0 aliphatic heterocycles. The SMILES string of the molecule is COc1cc(NC(=O)N(Cc2ccc(OS(=O)(=O)c3ccc(F)cc3)cc2)C(C)C)cc(OC)c1. The summed E-state index contributed by atoms with van der Waals surface area (Å²) in [5.41, 5.74) is 1.29. The standard InChI is InChI=1S/C25H27FN2O6S/c1-17(2)28(25(29)27-20-13-22(32-3)15-23(14-20)33-4)16-18-5-9-21(10-6-18)34-35(30,31)24-11-7-19(26)8-12-24/h5-15,17H,16H2,1-4H3,(H,27,29). The monoisotopic (exact) mass is 502 g/mol. The molecule has 1 N–H and O–H groups in total. The highest BCUT2D eigenvalue weighted by molar-refractivity contribution is 7.87. The summed E-state index contributed by atoms with van der Waals surface area (Å²) in [5.74, 6) is 0.642. The second kappa shape index (κ2) is 11.1. The summed E-state index contributed by atoms with van der Waals surface area (Å²) in [6.45, 7) is 4.05. The number of carbonyl (C=O) groups excluding carboxylic acids is 1. The van der Waals surface area contributed by atoms with Crippen molar-refractivity contribution >= 4 is 21.8 Å². The van der Waals surface area contributed by atoms with Gasteiger partial charge in [0.2, 0.25) is 0 Å². The third-order valence-corrected chi connectivity index (χ3v) is 6.33. The molecule has 0 aliphatic rings. The Morgan fingerprint density at radius 2 is 1.49 bits per heavy atom. The van der Waals surface area contributed by atoms with Crippen LogP contribution >= 0.6 is 0 Å². The van der Waals surface area contributed by atoms with Crippen molar-refractivity contribution in [3.63, 3.8) is 0 Å². The molecule has 8 nitrogen and oxygen atoms in total. The first kappa shape index (κ1) is 25.8. The van der Waals surface area contributed by atoms with Crippen LogP contribution in [0.25, 0.3) is 0 Å². The van der Waals surface area contributed by atoms with Crippen LogP contribution in [0.1, 0.15) is 19.4 Å². The minimum absolute atomic E-state index is 0.0992. The average Bonchev–Trinajstić information content (AvgIpc) is 2.83. The predicted molar refractivity (Wildman–Crippen MR) is 130 cm³/mol. The summed E-state index contributed by atoms with van der Waals surface area (Å²) >= 11 is 0. The lowest BCUT2D eigenvalue weighted by atomic mass is 10.2. The van der Waals surface area contributed by atoms with E-state index in [1.54, 1.807) is 35.2 Å². The normalized spacial score (nSPS) is 11.1. The lowest BCUT2D eigenvalue weighted by Gasteiger charge is -2.27. The number of ether oxygens (including phenoxy) is 2. The Balaban J connectivity index is 1.70. The zero-order chi connectivity index (χ0) is 25.6. The molecule has 10 heteroatoms. The van der Waals surface area contributed by atoms with Gasteiger partial charge >= 0.3 is 16.1 Å². The van der Waals surface area contributed by atoms with Gasteiger partial charge in [-0.2, -0.15) is 8.42 Å². The highest BCUT2D eigenvalue weighted by Crippen LogP contribution is 2.26. The first-order valence-corrected chi connectivity index (χ1v) is 12.1. The van der Waals surface area contributed by atoms with Gasteiger partial charge in [-0.25, -0.2) is 9.18 Å². The van der Waals surface area contributed by atoms with Crippen LogP contribution in [0, 0.1) is 5.82 Å². The number of hydrogen-bond acceptors (Lipinski definition) is 6. The number of carbonyl (C=O) groups is 1. The summed E-state index contributed by atoms with van der Waals surface area (Å²) in [5, 5.41) is 2.85. The number of halogens is 1. The number of amides is 2. The third kappa shape index (κ3) is 6.86. The van der Waals surface area contributed by atoms with Crippen molar-refractivity contribution in [3.8, 4) is 17.2 Å². The lowest BCUT2D eigenvalue weighted by molar-refractivity contribution is 0.193. The molecule has 0 aliphatic carbocycles. The molecular formula is C25H27FN2O6S. The molecule has 0 saturated carbocycles. The van der Waals surface area contributed by atoms with Gasteiger partial charge in [0.25, 0.3) is 0 Å². The molecule has 0 spiro atoms. The van der Waals surface area contributed by atoms with Crippen LogP contribution in [0.2, 0.25) is 0 Å². The number of rotatable bonds is 9. The van der Waals surface area contributed by atoms with Crippen molar-refractivity contribution in [1.82, 2.24) is 4.90 Å². The van der Waals surface area contributed by atoms with Gasteiger partial charge in [0.05, 0.1) is 14.2 Å². The Bertz CT molecular complexity index is 1240. The van der Waals surface area contributed by atoms with Crippen molar-refractivity contribution < 1.29 is 31.3 Å². The smallest absolute Gasteiger partial charge is 0.339 e. The van der Waals surface area contributed by atoms with Crippen LogP contribution in [0.15, 0.2) is 71.6 Å². The molecule has 3 rings (SSSR count). The van der Waals surface area contributed by atoms with E-state index in [-0.39, 0.29) is 29.3 Å². The predicted octanol–water partition coefficient (Wildman–Crippen LogP) is 5.05. The molecular weight excluding hydrogens is 475 g/mol. The van der Waals surface area contributed by atoms with Crippen LogP contribution in [-0.2, 0) is 16.7 Å². The maximum Gasteiger partial charge on any atom is 0.339 e. The Labute approximate surface area is 204 Å². The molecule has 0 heterocycles. The zero-order valence-corrected chi connectivity index (χ0v) is 20.6. The van der Waals surface area contributed by atoms with Crippen LogP contribution < -0.4 is 19.0 Å². The van der Waals surface area contributed by atoms with E-state index in [0.29, 0.717) is 17.2 Å². The van der Waals surface area contributed by atoms with E-state index in [1.807, 2.05) is 13.8 Å². The first-order chi connectivity index (χ1) is 16.6. The third-order valence-electron chi connectivity index (χ3n) is 5.07. The van der Waals surface area contributed by atoms with Gasteiger partial charge in [0.15, 0.2) is 0 Å². The maximum absolute atomic E-state index is 13.1. The second-order valence-electron chi connectivity index (χ2n) is 7.89. The van der Waals surface area contributed by atoms with Crippen molar-refractivity contribution in [1.29, 1.82) is 0 Å². The average molecular weight is 503 g/mol. The number of nitrogens with one attached hydrogen (secondary N) is 1. The highest BCUT2D eigenvalue weighted by atomic mass is 32.2. The number of methoxy groups -OCH3 is 2. The summed E-state index contributed by atoms with van der Waals surface area (Å²) in [6.07, 6.45) is 0. The lowest BCUT2D eigenvalue weighted by Crippen LogP contribution is -2.39. The number of urea groups is 1. The van der Waals surface area contributed by atoms with E-state index in [2.05, 4.69) is 5.32 Å². The minimum Gasteiger partial charge on any atom is -0.497 e. The Kier molecular flexibility index (Phi) is 8.18. The van der Waals surface area contributed by atoms with Gasteiger partial charge in [0.1, 0.15) is 28.0 Å². The van der Waals surface area contributed by atoms with E-state index in [4.69, 9.17) is 13.7 Å². The minimum atomic E-state index is -4.10. The fourth-order valence-corrected chi connectivity index (χ4v) is 4.12. The summed E-state index contributed by atoms with van der Waals surface area (Å²) in [6, 6.07) is 15.3. The van der Waals surface area contributed by atoms with Gasteiger partial charge in [-0.15, -0.1) is 0 Å². The molecule has 3 aromatic rings. The second-order valence-corrected chi connectivity index (χ2v) is 9.43. The van der Waals surface area contributed by atoms with Crippen LogP contribution in [0.3, 0.4) is 0 Å². The number of hydrogen-bond donors (Lipinski definition) is 1. The van der Waals surface area contributed by atoms with Crippen LogP contribution in [-0.4, -0.2) is 39.6 Å². The summed E-state index contributed by atoms with van der Waals surface area (Å²) in [4.78, 5) is 14.5. The molecule has 0 atom stereocenters. The van der Waals surface area contributed by atoms with Gasteiger partial charge in [-0.1, -0.05) is 12.1 Å². The van der Waals surface area contributed by atoms with Crippen molar-refractivity contribution in [2.45, 2.75) is 31.3 Å². The Hall–Kier alpha value is -3.79. The molecule has 0 unspecified atom stereocenters. The molecule has 0 bridgehead atoms. The van der Waals surface area contributed by atoms with Crippen molar-refractivity contribution in [2.24, 2.45) is 0 Å². The molecule has 2 amide bonds. The van der Waals surface area contributed by atoms with E-state index >= 15 is 0 Å². The molecule has 0 fully saturated rings. The Morgan fingerprint density at radius 1 is 0.914 bits per heavy atom. The highest BCUT2D eigenvalue weighted by Gasteiger charge is 2.20.